The van der Waals surface area contributed by atoms with Gasteiger partial charge in [-0.2, -0.15) is 0 Å². The smallest absolute Gasteiger partial charge is 0.225 e. The Morgan fingerprint density at radius 2 is 1.70 bits per heavy atom. The minimum absolute atomic E-state index is 0.283. The molecule has 1 aliphatic carbocycles. The number of piperazine rings is 1. The molecule has 0 bridgehead atoms. The van der Waals surface area contributed by atoms with E-state index in [4.69, 9.17) is 0 Å². The molecule has 5 nitrogen and oxygen atoms in total. The first-order chi connectivity index (χ1) is 9.74. The summed E-state index contributed by atoms with van der Waals surface area (Å²) in [5.41, 5.74) is 0. The Morgan fingerprint density at radius 1 is 1.10 bits per heavy atom. The molecule has 2 aliphatic rings. The molecule has 0 spiro atoms. The van der Waals surface area contributed by atoms with E-state index in [-0.39, 0.29) is 5.92 Å². The summed E-state index contributed by atoms with van der Waals surface area (Å²) in [5, 5.41) is 0. The van der Waals surface area contributed by atoms with Crippen molar-refractivity contribution >= 4 is 27.8 Å². The minimum Gasteiger partial charge on any atom is -0.339 e. The molecule has 2 heterocycles. The Bertz CT molecular complexity index is 465. The van der Waals surface area contributed by atoms with Gasteiger partial charge in [0.15, 0.2) is 0 Å². The Kier molecular flexibility index (Phi) is 4.19. The summed E-state index contributed by atoms with van der Waals surface area (Å²) in [7, 11) is 0. The zero-order valence-electron chi connectivity index (χ0n) is 11.5. The maximum atomic E-state index is 12.4. The topological polar surface area (TPSA) is 49.3 Å². The van der Waals surface area contributed by atoms with Gasteiger partial charge in [-0.3, -0.25) is 4.79 Å². The number of halogens is 1. The highest BCUT2D eigenvalue weighted by Gasteiger charge is 2.29. The van der Waals surface area contributed by atoms with Crippen molar-refractivity contribution in [2.45, 2.75) is 25.7 Å². The van der Waals surface area contributed by atoms with E-state index < -0.39 is 0 Å². The number of nitrogens with zero attached hydrogens (tertiary/aromatic N) is 4. The molecule has 108 valence electrons. The summed E-state index contributed by atoms with van der Waals surface area (Å²) in [6.45, 7) is 3.21. The lowest BCUT2D eigenvalue weighted by Gasteiger charge is -2.35. The van der Waals surface area contributed by atoms with E-state index in [0.29, 0.717) is 5.91 Å². The number of carbonyl (C=O) groups excluding carboxylic acids is 1. The highest BCUT2D eigenvalue weighted by molar-refractivity contribution is 9.10. The molecule has 2 fully saturated rings. The highest BCUT2D eigenvalue weighted by atomic mass is 79.9. The van der Waals surface area contributed by atoms with Gasteiger partial charge in [-0.05, 0) is 28.8 Å². The molecule has 6 heteroatoms. The van der Waals surface area contributed by atoms with E-state index in [9.17, 15) is 4.79 Å². The van der Waals surface area contributed by atoms with Crippen LogP contribution in [-0.2, 0) is 4.79 Å². The molecule has 0 aromatic carbocycles. The van der Waals surface area contributed by atoms with Crippen LogP contribution in [0.2, 0.25) is 0 Å². The van der Waals surface area contributed by atoms with Crippen LogP contribution in [0.4, 0.5) is 5.95 Å². The van der Waals surface area contributed by atoms with Gasteiger partial charge in [0.2, 0.25) is 11.9 Å². The van der Waals surface area contributed by atoms with E-state index in [0.717, 1.165) is 49.4 Å². The number of hydrogen-bond donors (Lipinski definition) is 0. The molecule has 1 saturated carbocycles. The fraction of sp³-hybridized carbons (Fsp3) is 0.643. The Morgan fingerprint density at radius 3 is 2.30 bits per heavy atom. The first kappa shape index (κ1) is 13.8. The molecule has 0 radical (unpaired) electrons. The fourth-order valence-corrected chi connectivity index (χ4v) is 3.23. The largest absolute Gasteiger partial charge is 0.339 e. The van der Waals surface area contributed by atoms with E-state index in [1.807, 2.05) is 4.90 Å². The van der Waals surface area contributed by atoms with Crippen molar-refractivity contribution in [1.29, 1.82) is 0 Å². The van der Waals surface area contributed by atoms with Crippen LogP contribution in [-0.4, -0.2) is 47.0 Å². The average Bonchev–Trinajstić information content (AvgIpc) is 3.02. The third kappa shape index (κ3) is 2.95. The molecular weight excluding hydrogens is 320 g/mol. The van der Waals surface area contributed by atoms with Gasteiger partial charge in [0.1, 0.15) is 0 Å². The number of amides is 1. The van der Waals surface area contributed by atoms with Crippen LogP contribution < -0.4 is 4.90 Å². The quantitative estimate of drug-likeness (QED) is 0.828. The van der Waals surface area contributed by atoms with Crippen molar-refractivity contribution in [2.24, 2.45) is 5.92 Å². The fourth-order valence-electron chi connectivity index (χ4n) is 3.03. The van der Waals surface area contributed by atoms with Crippen LogP contribution in [0.1, 0.15) is 25.7 Å². The standard InChI is InChI=1S/C14H19BrN4O/c15-12-9-16-14(17-10-12)19-7-5-18(6-8-19)13(20)11-3-1-2-4-11/h9-11H,1-8H2. The SMILES string of the molecule is O=C(C1CCCC1)N1CCN(c2ncc(Br)cn2)CC1. The average molecular weight is 339 g/mol. The zero-order chi connectivity index (χ0) is 13.9. The van der Waals surface area contributed by atoms with Crippen molar-refractivity contribution in [2.75, 3.05) is 31.1 Å². The van der Waals surface area contributed by atoms with E-state index in [1.165, 1.54) is 12.8 Å². The molecule has 3 rings (SSSR count). The first-order valence-corrected chi connectivity index (χ1v) is 8.04. The lowest BCUT2D eigenvalue weighted by Crippen LogP contribution is -2.50. The summed E-state index contributed by atoms with van der Waals surface area (Å²) in [6, 6.07) is 0. The van der Waals surface area contributed by atoms with Gasteiger partial charge in [0.05, 0.1) is 4.47 Å². The molecule has 0 N–H and O–H groups in total. The van der Waals surface area contributed by atoms with Gasteiger partial charge in [-0.15, -0.1) is 0 Å². The maximum absolute atomic E-state index is 12.4. The first-order valence-electron chi connectivity index (χ1n) is 7.25. The van der Waals surface area contributed by atoms with Gasteiger partial charge in [0, 0.05) is 44.5 Å². The summed E-state index contributed by atoms with van der Waals surface area (Å²) in [4.78, 5) is 25.1. The van der Waals surface area contributed by atoms with E-state index >= 15 is 0 Å². The molecule has 20 heavy (non-hydrogen) atoms. The number of anilines is 1. The normalized spacial score (nSPS) is 20.4. The molecule has 1 amide bonds. The van der Waals surface area contributed by atoms with Crippen molar-refractivity contribution in [1.82, 2.24) is 14.9 Å². The highest BCUT2D eigenvalue weighted by Crippen LogP contribution is 2.27. The molecule has 1 saturated heterocycles. The molecule has 1 aliphatic heterocycles. The Labute approximate surface area is 127 Å². The number of aromatic nitrogens is 2. The maximum Gasteiger partial charge on any atom is 0.225 e. The van der Waals surface area contributed by atoms with Gasteiger partial charge in [0.25, 0.3) is 0 Å². The second-order valence-corrected chi connectivity index (χ2v) is 6.41. The van der Waals surface area contributed by atoms with Crippen LogP contribution in [0.5, 0.6) is 0 Å². The van der Waals surface area contributed by atoms with Gasteiger partial charge >= 0.3 is 0 Å². The third-order valence-corrected chi connectivity index (χ3v) is 4.59. The number of rotatable bonds is 2. The van der Waals surface area contributed by atoms with Crippen molar-refractivity contribution in [3.05, 3.63) is 16.9 Å². The van der Waals surface area contributed by atoms with Crippen LogP contribution in [0, 0.1) is 5.92 Å². The molecule has 0 unspecified atom stereocenters. The predicted octanol–water partition coefficient (Wildman–Crippen LogP) is 2.08. The molecule has 0 atom stereocenters. The van der Waals surface area contributed by atoms with Crippen LogP contribution in [0.3, 0.4) is 0 Å². The summed E-state index contributed by atoms with van der Waals surface area (Å²) >= 11 is 3.34. The van der Waals surface area contributed by atoms with E-state index in [2.05, 4.69) is 30.8 Å². The van der Waals surface area contributed by atoms with Crippen LogP contribution in [0.25, 0.3) is 0 Å². The van der Waals surface area contributed by atoms with Crippen molar-refractivity contribution in [3.63, 3.8) is 0 Å². The summed E-state index contributed by atoms with van der Waals surface area (Å²) in [5.74, 6) is 1.39. The second kappa shape index (κ2) is 6.08. The van der Waals surface area contributed by atoms with Crippen molar-refractivity contribution in [3.8, 4) is 0 Å². The predicted molar refractivity (Wildman–Crippen MR) is 80.5 cm³/mol. The lowest BCUT2D eigenvalue weighted by atomic mass is 10.1. The number of carbonyl (C=O) groups is 1. The second-order valence-electron chi connectivity index (χ2n) is 5.49. The van der Waals surface area contributed by atoms with Crippen LogP contribution >= 0.6 is 15.9 Å². The van der Waals surface area contributed by atoms with Gasteiger partial charge < -0.3 is 9.80 Å². The van der Waals surface area contributed by atoms with Crippen LogP contribution in [0.15, 0.2) is 16.9 Å². The minimum atomic E-state index is 0.283. The monoisotopic (exact) mass is 338 g/mol. The number of hydrogen-bond acceptors (Lipinski definition) is 4. The van der Waals surface area contributed by atoms with Crippen molar-refractivity contribution < 1.29 is 4.79 Å². The van der Waals surface area contributed by atoms with Gasteiger partial charge in [-0.1, -0.05) is 12.8 Å². The molecule has 1 aromatic rings. The lowest BCUT2D eigenvalue weighted by molar-refractivity contribution is -0.135. The Balaban J connectivity index is 1.56. The van der Waals surface area contributed by atoms with E-state index in [1.54, 1.807) is 12.4 Å². The third-order valence-electron chi connectivity index (χ3n) is 4.19. The molecular formula is C14H19BrN4O. The zero-order valence-corrected chi connectivity index (χ0v) is 13.0. The Hall–Kier alpha value is -1.17. The summed E-state index contributed by atoms with van der Waals surface area (Å²) < 4.78 is 0.885. The summed E-state index contributed by atoms with van der Waals surface area (Å²) in [6.07, 6.45) is 8.10. The van der Waals surface area contributed by atoms with Gasteiger partial charge in [-0.25, -0.2) is 9.97 Å². The molecule has 1 aromatic heterocycles.